The Labute approximate surface area is 131 Å². The Kier molecular flexibility index (Phi) is 7.02. The van der Waals surface area contributed by atoms with Crippen molar-refractivity contribution in [1.82, 2.24) is 0 Å². The van der Waals surface area contributed by atoms with E-state index in [9.17, 15) is 8.42 Å². The minimum atomic E-state index is -4.13. The molecule has 2 N–H and O–H groups in total. The first-order valence-electron chi connectivity index (χ1n) is 4.67. The smallest absolute Gasteiger partial charge is 0.565 e. The van der Waals surface area contributed by atoms with Gasteiger partial charge in [-0.25, -0.2) is 0 Å². The molecule has 2 rings (SSSR count). The van der Waals surface area contributed by atoms with Crippen molar-refractivity contribution >= 4 is 27.0 Å². The van der Waals surface area contributed by atoms with Crippen molar-refractivity contribution in [2.45, 2.75) is 4.90 Å². The number of hydrogen-bond donors (Lipinski definition) is 2. The van der Waals surface area contributed by atoms with Crippen LogP contribution in [0.3, 0.4) is 0 Å². The molecule has 19 heavy (non-hydrogen) atoms. The Morgan fingerprint density at radius 3 is 2.05 bits per heavy atom. The molecule has 8 heteroatoms. The van der Waals surface area contributed by atoms with E-state index in [0.29, 0.717) is 5.39 Å². The summed E-state index contributed by atoms with van der Waals surface area (Å²) in [6.07, 6.45) is -2.08. The standard InChI is InChI=1S/C10H8O3S.CH2O3.Na/c11-14(12,13)10-7-3-5-8-4-1-2-6-9(8)10;2-1(3)4;/h1-7H,(H,11,12,13);(H2,2,3,4);/q;;+1/p-1. The van der Waals surface area contributed by atoms with E-state index in [2.05, 4.69) is 0 Å². The second-order valence-corrected chi connectivity index (χ2v) is 4.61. The van der Waals surface area contributed by atoms with Gasteiger partial charge in [-0.2, -0.15) is 8.42 Å². The minimum Gasteiger partial charge on any atom is -0.565 e. The monoisotopic (exact) mass is 292 g/mol. The Balaban J connectivity index is 0.000000576. The van der Waals surface area contributed by atoms with Crippen molar-refractivity contribution < 1.29 is 57.5 Å². The number of benzene rings is 2. The second-order valence-electron chi connectivity index (χ2n) is 3.22. The van der Waals surface area contributed by atoms with Gasteiger partial charge in [-0.1, -0.05) is 36.4 Å². The van der Waals surface area contributed by atoms with Gasteiger partial charge in [0.05, 0.1) is 0 Å². The maximum atomic E-state index is 11.0. The Bertz CT molecular complexity index is 658. The van der Waals surface area contributed by atoms with Crippen molar-refractivity contribution in [3.8, 4) is 0 Å². The summed E-state index contributed by atoms with van der Waals surface area (Å²) >= 11 is 0. The van der Waals surface area contributed by atoms with Crippen molar-refractivity contribution in [3.05, 3.63) is 42.5 Å². The molecule has 0 aliphatic heterocycles. The fourth-order valence-corrected chi connectivity index (χ4v) is 2.13. The molecule has 2 aromatic rings. The molecular formula is C11H9NaO6S. The molecule has 6 nitrogen and oxygen atoms in total. The van der Waals surface area contributed by atoms with Gasteiger partial charge in [-0.3, -0.25) is 4.55 Å². The van der Waals surface area contributed by atoms with Crippen LogP contribution in [-0.2, 0) is 10.1 Å². The Morgan fingerprint density at radius 2 is 1.53 bits per heavy atom. The van der Waals surface area contributed by atoms with E-state index in [-0.39, 0.29) is 34.5 Å². The Hall–Kier alpha value is -1.12. The number of fused-ring (bicyclic) bond motifs is 1. The molecule has 0 radical (unpaired) electrons. The predicted molar refractivity (Wildman–Crippen MR) is 61.8 cm³/mol. The van der Waals surface area contributed by atoms with E-state index in [4.69, 9.17) is 19.6 Å². The topological polar surface area (TPSA) is 115 Å². The Morgan fingerprint density at radius 1 is 1.05 bits per heavy atom. The van der Waals surface area contributed by atoms with Gasteiger partial charge >= 0.3 is 29.6 Å². The van der Waals surface area contributed by atoms with Crippen molar-refractivity contribution in [1.29, 1.82) is 0 Å². The summed E-state index contributed by atoms with van der Waals surface area (Å²) in [6.45, 7) is 0. The van der Waals surface area contributed by atoms with Crippen LogP contribution in [0.2, 0.25) is 0 Å². The third-order valence-electron chi connectivity index (χ3n) is 2.03. The molecule has 0 aliphatic carbocycles. The molecule has 96 valence electrons. The van der Waals surface area contributed by atoms with E-state index < -0.39 is 16.3 Å². The van der Waals surface area contributed by atoms with Crippen LogP contribution in [0, 0.1) is 0 Å². The molecule has 0 heterocycles. The van der Waals surface area contributed by atoms with Crippen molar-refractivity contribution in [2.75, 3.05) is 0 Å². The van der Waals surface area contributed by atoms with Crippen LogP contribution in [0.1, 0.15) is 0 Å². The quantitative estimate of drug-likeness (QED) is 0.463. The van der Waals surface area contributed by atoms with Crippen LogP contribution < -0.4 is 34.7 Å². The van der Waals surface area contributed by atoms with Gasteiger partial charge in [0.15, 0.2) is 0 Å². The first-order chi connectivity index (χ1) is 8.32. The molecule has 0 amide bonds. The van der Waals surface area contributed by atoms with Gasteiger partial charge in [0, 0.05) is 5.39 Å². The molecule has 0 bridgehead atoms. The van der Waals surface area contributed by atoms with Gasteiger partial charge in [0.1, 0.15) is 4.90 Å². The van der Waals surface area contributed by atoms with Gasteiger partial charge in [0.2, 0.25) is 6.16 Å². The predicted octanol–water partition coefficient (Wildman–Crippen LogP) is -2.02. The van der Waals surface area contributed by atoms with Crippen LogP contribution in [0.4, 0.5) is 4.79 Å². The third kappa shape index (κ3) is 5.58. The van der Waals surface area contributed by atoms with Crippen LogP contribution >= 0.6 is 0 Å². The molecule has 0 aliphatic rings. The summed E-state index contributed by atoms with van der Waals surface area (Å²) in [5.74, 6) is 0. The van der Waals surface area contributed by atoms with Crippen LogP contribution in [0.5, 0.6) is 0 Å². The minimum absolute atomic E-state index is 0. The molecule has 0 unspecified atom stereocenters. The molecule has 0 saturated heterocycles. The SMILES string of the molecule is O=C([O-])O.O=S(=O)(O)c1cccc2ccccc12.[Na+]. The van der Waals surface area contributed by atoms with E-state index in [1.807, 2.05) is 6.07 Å². The zero-order valence-corrected chi connectivity index (χ0v) is 12.8. The fraction of sp³-hybridized carbons (Fsp3) is 0. The molecule has 0 saturated carbocycles. The largest absolute Gasteiger partial charge is 1.00 e. The first kappa shape index (κ1) is 17.9. The van der Waals surface area contributed by atoms with Crippen LogP contribution in [0.25, 0.3) is 10.8 Å². The van der Waals surface area contributed by atoms with Crippen molar-refractivity contribution in [2.24, 2.45) is 0 Å². The average molecular weight is 292 g/mol. The van der Waals surface area contributed by atoms with E-state index in [1.165, 1.54) is 6.07 Å². The molecule has 2 aromatic carbocycles. The number of carboxylic acid groups (broad SMARTS) is 2. The summed E-state index contributed by atoms with van der Waals surface area (Å²) in [5, 5.41) is 16.6. The average Bonchev–Trinajstić information content (AvgIpc) is 2.26. The summed E-state index contributed by atoms with van der Waals surface area (Å²) in [4.78, 5) is 8.40. The first-order valence-corrected chi connectivity index (χ1v) is 6.11. The summed E-state index contributed by atoms with van der Waals surface area (Å²) in [6, 6.07) is 11.8. The van der Waals surface area contributed by atoms with Gasteiger partial charge < -0.3 is 15.0 Å². The second kappa shape index (κ2) is 7.46. The zero-order valence-electron chi connectivity index (χ0n) is 9.98. The summed E-state index contributed by atoms with van der Waals surface area (Å²) in [5.41, 5.74) is 0. The van der Waals surface area contributed by atoms with Crippen LogP contribution in [-0.4, -0.2) is 24.2 Å². The van der Waals surface area contributed by atoms with E-state index in [0.717, 1.165) is 5.39 Å². The number of rotatable bonds is 1. The normalized spacial score (nSPS) is 9.95. The molecular weight excluding hydrogens is 283 g/mol. The molecule has 0 aromatic heterocycles. The maximum Gasteiger partial charge on any atom is 1.00 e. The maximum absolute atomic E-state index is 11.0. The van der Waals surface area contributed by atoms with Crippen LogP contribution in [0.15, 0.2) is 47.4 Å². The number of carbonyl (C=O) groups is 1. The molecule has 0 atom stereocenters. The number of hydrogen-bond acceptors (Lipinski definition) is 4. The molecule has 0 spiro atoms. The zero-order chi connectivity index (χ0) is 13.8. The molecule has 0 fully saturated rings. The third-order valence-corrected chi connectivity index (χ3v) is 2.94. The van der Waals surface area contributed by atoms with Gasteiger partial charge in [-0.15, -0.1) is 0 Å². The van der Waals surface area contributed by atoms with E-state index in [1.54, 1.807) is 30.3 Å². The summed E-state index contributed by atoms with van der Waals surface area (Å²) < 4.78 is 31.0. The van der Waals surface area contributed by atoms with Gasteiger partial charge in [-0.05, 0) is 11.5 Å². The van der Waals surface area contributed by atoms with Crippen molar-refractivity contribution in [3.63, 3.8) is 0 Å². The van der Waals surface area contributed by atoms with E-state index >= 15 is 0 Å². The summed E-state index contributed by atoms with van der Waals surface area (Å²) in [7, 11) is -4.13. The van der Waals surface area contributed by atoms with Gasteiger partial charge in [0.25, 0.3) is 10.1 Å². The fourth-order valence-electron chi connectivity index (χ4n) is 1.42.